The molecule has 0 aromatic heterocycles. The van der Waals surface area contributed by atoms with Crippen LogP contribution in [-0.2, 0) is 6.61 Å². The molecule has 2 aromatic rings. The predicted octanol–water partition coefficient (Wildman–Crippen LogP) is 2.79. The van der Waals surface area contributed by atoms with Gasteiger partial charge in [0.05, 0.1) is 6.61 Å². The Morgan fingerprint density at radius 2 is 1.75 bits per heavy atom. The van der Waals surface area contributed by atoms with Gasteiger partial charge < -0.3 is 15.2 Å². The van der Waals surface area contributed by atoms with E-state index in [9.17, 15) is 18.0 Å². The molecular weight excluding hydrogens is 323 g/mol. The van der Waals surface area contributed by atoms with Crippen molar-refractivity contribution in [2.45, 2.75) is 19.6 Å². The number of carbonyl (C=O) groups excluding carboxylic acids is 1. The van der Waals surface area contributed by atoms with Crippen molar-refractivity contribution in [3.8, 4) is 5.75 Å². The summed E-state index contributed by atoms with van der Waals surface area (Å²) in [7, 11) is 0. The quantitative estimate of drug-likeness (QED) is 0.851. The highest BCUT2D eigenvalue weighted by atomic mass is 19.1. The zero-order valence-corrected chi connectivity index (χ0v) is 12.9. The summed E-state index contributed by atoms with van der Waals surface area (Å²) in [6, 6.07) is 6.62. The van der Waals surface area contributed by atoms with Gasteiger partial charge in [-0.25, -0.2) is 13.2 Å². The lowest BCUT2D eigenvalue weighted by Gasteiger charge is -2.13. The van der Waals surface area contributed by atoms with E-state index in [2.05, 4.69) is 5.32 Å². The minimum atomic E-state index is -1.08. The first-order chi connectivity index (χ1) is 11.4. The monoisotopic (exact) mass is 339 g/mol. The maximum absolute atomic E-state index is 14.0. The number of hydrogen-bond acceptors (Lipinski definition) is 3. The van der Waals surface area contributed by atoms with Gasteiger partial charge in [0, 0.05) is 18.2 Å². The molecule has 0 fully saturated rings. The van der Waals surface area contributed by atoms with E-state index in [0.29, 0.717) is 5.56 Å². The zero-order valence-electron chi connectivity index (χ0n) is 12.9. The molecule has 1 atom stereocenters. The molecule has 2 rings (SSSR count). The molecule has 7 heteroatoms. The van der Waals surface area contributed by atoms with Gasteiger partial charge in [0.1, 0.15) is 35.4 Å². The largest absolute Gasteiger partial charge is 0.489 e. The fourth-order valence-corrected chi connectivity index (χ4v) is 1.94. The Morgan fingerprint density at radius 1 is 1.17 bits per heavy atom. The standard InChI is InChI=1S/C17H16F3NO3/c1-10(8-22)21-17(23)16-14(19)6-13(7-15(16)20)24-9-11-2-4-12(18)5-3-11/h2-7,10,22H,8-9H2,1H3,(H,21,23)/t10-/m1/s1. The molecule has 0 unspecified atom stereocenters. The number of benzene rings is 2. The second-order valence-electron chi connectivity index (χ2n) is 5.23. The third-order valence-corrected chi connectivity index (χ3v) is 3.21. The molecule has 1 amide bonds. The normalized spacial score (nSPS) is 11.9. The van der Waals surface area contributed by atoms with Gasteiger partial charge in [-0.05, 0) is 24.6 Å². The molecule has 0 radical (unpaired) electrons. The second-order valence-corrected chi connectivity index (χ2v) is 5.23. The number of halogens is 3. The van der Waals surface area contributed by atoms with Crippen LogP contribution in [0.2, 0.25) is 0 Å². The number of aliphatic hydroxyl groups is 1. The number of rotatable bonds is 6. The number of amides is 1. The summed E-state index contributed by atoms with van der Waals surface area (Å²) in [5, 5.41) is 11.1. The molecule has 128 valence electrons. The number of hydrogen-bond donors (Lipinski definition) is 2. The van der Waals surface area contributed by atoms with E-state index in [4.69, 9.17) is 9.84 Å². The highest BCUT2D eigenvalue weighted by Gasteiger charge is 2.20. The van der Waals surface area contributed by atoms with Crippen LogP contribution < -0.4 is 10.1 Å². The first-order valence-corrected chi connectivity index (χ1v) is 7.18. The van der Waals surface area contributed by atoms with Crippen LogP contribution in [0.1, 0.15) is 22.8 Å². The smallest absolute Gasteiger partial charge is 0.257 e. The molecular formula is C17H16F3NO3. The lowest BCUT2D eigenvalue weighted by atomic mass is 10.1. The van der Waals surface area contributed by atoms with E-state index in [1.54, 1.807) is 0 Å². The average Bonchev–Trinajstić information content (AvgIpc) is 2.53. The summed E-state index contributed by atoms with van der Waals surface area (Å²) < 4.78 is 46.1. The van der Waals surface area contributed by atoms with Crippen LogP contribution in [0.25, 0.3) is 0 Å². The fourth-order valence-electron chi connectivity index (χ4n) is 1.94. The van der Waals surface area contributed by atoms with Crippen LogP contribution in [-0.4, -0.2) is 23.7 Å². The van der Waals surface area contributed by atoms with Gasteiger partial charge >= 0.3 is 0 Å². The third kappa shape index (κ3) is 4.48. The summed E-state index contributed by atoms with van der Waals surface area (Å²) in [5.41, 5.74) is -0.125. The van der Waals surface area contributed by atoms with E-state index in [1.807, 2.05) is 0 Å². The summed E-state index contributed by atoms with van der Waals surface area (Å²) in [6.45, 7) is 1.13. The van der Waals surface area contributed by atoms with Crippen molar-refractivity contribution in [2.75, 3.05) is 6.61 Å². The number of carbonyl (C=O) groups is 1. The van der Waals surface area contributed by atoms with Crippen LogP contribution in [0.3, 0.4) is 0 Å². The Kier molecular flexibility index (Phi) is 5.81. The molecule has 2 aromatic carbocycles. The van der Waals surface area contributed by atoms with Crippen molar-refractivity contribution in [2.24, 2.45) is 0 Å². The Balaban J connectivity index is 2.11. The SMILES string of the molecule is C[C@H](CO)NC(=O)c1c(F)cc(OCc2ccc(F)cc2)cc1F. The van der Waals surface area contributed by atoms with Crippen molar-refractivity contribution in [1.82, 2.24) is 5.32 Å². The lowest BCUT2D eigenvalue weighted by Crippen LogP contribution is -2.36. The molecule has 0 aliphatic rings. The topological polar surface area (TPSA) is 58.6 Å². The van der Waals surface area contributed by atoms with Crippen LogP contribution in [0.4, 0.5) is 13.2 Å². The second kappa shape index (κ2) is 7.83. The van der Waals surface area contributed by atoms with Gasteiger partial charge in [0.25, 0.3) is 5.91 Å². The van der Waals surface area contributed by atoms with Crippen molar-refractivity contribution < 1.29 is 27.8 Å². The van der Waals surface area contributed by atoms with Crippen molar-refractivity contribution in [1.29, 1.82) is 0 Å². The Labute approximate surface area is 136 Å². The fraction of sp³-hybridized carbons (Fsp3) is 0.235. The first kappa shape index (κ1) is 17.8. The maximum atomic E-state index is 14.0. The minimum absolute atomic E-state index is 0.00769. The number of ether oxygens (including phenoxy) is 1. The molecule has 4 nitrogen and oxygen atoms in total. The molecule has 0 saturated carbocycles. The Hall–Kier alpha value is -2.54. The summed E-state index contributed by atoms with van der Waals surface area (Å²) >= 11 is 0. The van der Waals surface area contributed by atoms with E-state index < -0.39 is 35.0 Å². The molecule has 0 saturated heterocycles. The van der Waals surface area contributed by atoms with Gasteiger partial charge in [0.15, 0.2) is 0 Å². The van der Waals surface area contributed by atoms with Crippen molar-refractivity contribution in [3.05, 3.63) is 65.0 Å². The average molecular weight is 339 g/mol. The lowest BCUT2D eigenvalue weighted by molar-refractivity contribution is 0.0913. The Morgan fingerprint density at radius 3 is 2.29 bits per heavy atom. The van der Waals surface area contributed by atoms with Crippen LogP contribution in [0, 0.1) is 17.5 Å². The Bertz CT molecular complexity index is 697. The third-order valence-electron chi connectivity index (χ3n) is 3.21. The molecule has 0 bridgehead atoms. The van der Waals surface area contributed by atoms with Crippen molar-refractivity contribution >= 4 is 5.91 Å². The van der Waals surface area contributed by atoms with E-state index in [-0.39, 0.29) is 19.0 Å². The van der Waals surface area contributed by atoms with E-state index in [1.165, 1.54) is 31.2 Å². The number of aliphatic hydroxyl groups excluding tert-OH is 1. The van der Waals surface area contributed by atoms with Gasteiger partial charge in [-0.15, -0.1) is 0 Å². The van der Waals surface area contributed by atoms with Gasteiger partial charge in [-0.1, -0.05) is 12.1 Å². The summed E-state index contributed by atoms with van der Waals surface area (Å²) in [4.78, 5) is 11.8. The summed E-state index contributed by atoms with van der Waals surface area (Å²) in [5.74, 6) is -3.61. The number of nitrogens with one attached hydrogen (secondary N) is 1. The molecule has 0 spiro atoms. The van der Waals surface area contributed by atoms with Crippen LogP contribution in [0.15, 0.2) is 36.4 Å². The van der Waals surface area contributed by atoms with Gasteiger partial charge in [-0.2, -0.15) is 0 Å². The predicted molar refractivity (Wildman–Crippen MR) is 81.1 cm³/mol. The minimum Gasteiger partial charge on any atom is -0.489 e. The molecule has 24 heavy (non-hydrogen) atoms. The maximum Gasteiger partial charge on any atom is 0.257 e. The molecule has 0 heterocycles. The van der Waals surface area contributed by atoms with Crippen LogP contribution in [0.5, 0.6) is 5.75 Å². The van der Waals surface area contributed by atoms with E-state index >= 15 is 0 Å². The van der Waals surface area contributed by atoms with E-state index in [0.717, 1.165) is 12.1 Å². The molecule has 2 N–H and O–H groups in total. The molecule has 0 aliphatic heterocycles. The van der Waals surface area contributed by atoms with Crippen molar-refractivity contribution in [3.63, 3.8) is 0 Å². The summed E-state index contributed by atoms with van der Waals surface area (Å²) in [6.07, 6.45) is 0. The molecule has 0 aliphatic carbocycles. The van der Waals surface area contributed by atoms with Crippen LogP contribution >= 0.6 is 0 Å². The van der Waals surface area contributed by atoms with Gasteiger partial charge in [0.2, 0.25) is 0 Å². The first-order valence-electron chi connectivity index (χ1n) is 7.18. The van der Waals surface area contributed by atoms with Gasteiger partial charge in [-0.3, -0.25) is 4.79 Å². The highest BCUT2D eigenvalue weighted by Crippen LogP contribution is 2.22. The highest BCUT2D eigenvalue weighted by molar-refractivity contribution is 5.95. The zero-order chi connectivity index (χ0) is 17.7.